The third-order valence-electron chi connectivity index (χ3n) is 4.62. The van der Waals surface area contributed by atoms with E-state index >= 15 is 0 Å². The molecule has 0 unspecified atom stereocenters. The minimum atomic E-state index is -0.205. The SMILES string of the molecule is O=C(NCC1(c2ccc(F)cc2)CC1)C1CCNCC1. The molecule has 0 spiro atoms. The lowest BCUT2D eigenvalue weighted by Gasteiger charge is -2.23. The van der Waals surface area contributed by atoms with Gasteiger partial charge in [-0.2, -0.15) is 0 Å². The molecule has 1 heterocycles. The van der Waals surface area contributed by atoms with Crippen molar-refractivity contribution in [2.24, 2.45) is 5.92 Å². The lowest BCUT2D eigenvalue weighted by atomic mass is 9.94. The van der Waals surface area contributed by atoms with Gasteiger partial charge < -0.3 is 10.6 Å². The number of carbonyl (C=O) groups is 1. The maximum absolute atomic E-state index is 13.0. The normalized spacial score (nSPS) is 21.4. The molecule has 0 radical (unpaired) electrons. The van der Waals surface area contributed by atoms with Crippen molar-refractivity contribution in [2.75, 3.05) is 19.6 Å². The van der Waals surface area contributed by atoms with Gasteiger partial charge in [-0.15, -0.1) is 0 Å². The Hall–Kier alpha value is -1.42. The van der Waals surface area contributed by atoms with Gasteiger partial charge in [0.2, 0.25) is 5.91 Å². The molecule has 1 aromatic rings. The summed E-state index contributed by atoms with van der Waals surface area (Å²) in [6, 6.07) is 6.70. The molecule has 3 rings (SSSR count). The van der Waals surface area contributed by atoms with Gasteiger partial charge >= 0.3 is 0 Å². The molecule has 20 heavy (non-hydrogen) atoms. The second kappa shape index (κ2) is 5.52. The number of nitrogens with one attached hydrogen (secondary N) is 2. The quantitative estimate of drug-likeness (QED) is 0.883. The van der Waals surface area contributed by atoms with Crippen LogP contribution in [0.3, 0.4) is 0 Å². The minimum absolute atomic E-state index is 0.0519. The van der Waals surface area contributed by atoms with Gasteiger partial charge in [0.05, 0.1) is 0 Å². The van der Waals surface area contributed by atoms with Crippen molar-refractivity contribution in [3.63, 3.8) is 0 Å². The highest BCUT2D eigenvalue weighted by molar-refractivity contribution is 5.79. The van der Waals surface area contributed by atoms with Crippen LogP contribution in [0.1, 0.15) is 31.2 Å². The number of hydrogen-bond donors (Lipinski definition) is 2. The second-order valence-electron chi connectivity index (χ2n) is 6.03. The van der Waals surface area contributed by atoms with E-state index in [-0.39, 0.29) is 23.1 Å². The number of hydrogen-bond acceptors (Lipinski definition) is 2. The third-order valence-corrected chi connectivity index (χ3v) is 4.62. The molecule has 2 fully saturated rings. The molecule has 1 aliphatic heterocycles. The van der Waals surface area contributed by atoms with E-state index in [2.05, 4.69) is 10.6 Å². The Labute approximate surface area is 118 Å². The van der Waals surface area contributed by atoms with Crippen molar-refractivity contribution in [1.29, 1.82) is 0 Å². The van der Waals surface area contributed by atoms with Crippen molar-refractivity contribution in [2.45, 2.75) is 31.1 Å². The smallest absolute Gasteiger partial charge is 0.223 e. The van der Waals surface area contributed by atoms with E-state index in [1.165, 1.54) is 12.1 Å². The molecule has 4 heteroatoms. The van der Waals surface area contributed by atoms with Crippen LogP contribution >= 0.6 is 0 Å². The van der Waals surface area contributed by atoms with Crippen LogP contribution in [0, 0.1) is 11.7 Å². The van der Waals surface area contributed by atoms with Crippen LogP contribution in [-0.2, 0) is 10.2 Å². The number of amides is 1. The highest BCUT2D eigenvalue weighted by Gasteiger charge is 2.44. The molecule has 1 aromatic carbocycles. The molecule has 2 N–H and O–H groups in total. The Bertz CT molecular complexity index is 476. The zero-order valence-electron chi connectivity index (χ0n) is 11.6. The van der Waals surface area contributed by atoms with E-state index in [0.29, 0.717) is 6.54 Å². The Morgan fingerprint density at radius 1 is 1.25 bits per heavy atom. The Kier molecular flexibility index (Phi) is 3.74. The van der Waals surface area contributed by atoms with Gasteiger partial charge in [0.1, 0.15) is 5.82 Å². The van der Waals surface area contributed by atoms with Crippen LogP contribution in [-0.4, -0.2) is 25.5 Å². The van der Waals surface area contributed by atoms with Gasteiger partial charge in [-0.3, -0.25) is 4.79 Å². The molecule has 1 saturated carbocycles. The monoisotopic (exact) mass is 276 g/mol. The Morgan fingerprint density at radius 3 is 2.50 bits per heavy atom. The van der Waals surface area contributed by atoms with Crippen molar-refractivity contribution in [3.8, 4) is 0 Å². The van der Waals surface area contributed by atoms with E-state index in [1.54, 1.807) is 0 Å². The standard InChI is InChI=1S/C16H21FN2O/c17-14-3-1-13(2-4-14)16(7-8-16)11-19-15(20)12-5-9-18-10-6-12/h1-4,12,18H,5-11H2,(H,19,20). The summed E-state index contributed by atoms with van der Waals surface area (Å²) in [5, 5.41) is 6.38. The first-order valence-corrected chi connectivity index (χ1v) is 7.44. The molecular weight excluding hydrogens is 255 g/mol. The van der Waals surface area contributed by atoms with Gasteiger partial charge in [-0.05, 0) is 56.5 Å². The summed E-state index contributed by atoms with van der Waals surface area (Å²) in [6.07, 6.45) is 4.00. The van der Waals surface area contributed by atoms with E-state index < -0.39 is 0 Å². The maximum atomic E-state index is 13.0. The minimum Gasteiger partial charge on any atom is -0.355 e. The lowest BCUT2D eigenvalue weighted by Crippen LogP contribution is -2.40. The number of halogens is 1. The average Bonchev–Trinajstić information content (AvgIpc) is 3.27. The number of benzene rings is 1. The summed E-state index contributed by atoms with van der Waals surface area (Å²) >= 11 is 0. The van der Waals surface area contributed by atoms with Crippen molar-refractivity contribution >= 4 is 5.91 Å². The first-order chi connectivity index (χ1) is 9.70. The van der Waals surface area contributed by atoms with Crippen LogP contribution in [0.15, 0.2) is 24.3 Å². The fraction of sp³-hybridized carbons (Fsp3) is 0.562. The van der Waals surface area contributed by atoms with Gasteiger partial charge in [-0.25, -0.2) is 4.39 Å². The molecule has 0 bridgehead atoms. The van der Waals surface area contributed by atoms with Gasteiger partial charge in [-0.1, -0.05) is 12.1 Å². The Morgan fingerprint density at radius 2 is 1.90 bits per heavy atom. The zero-order chi connectivity index (χ0) is 14.0. The molecule has 1 amide bonds. The summed E-state index contributed by atoms with van der Waals surface area (Å²) in [6.45, 7) is 2.55. The largest absolute Gasteiger partial charge is 0.355 e. The topological polar surface area (TPSA) is 41.1 Å². The molecular formula is C16H21FN2O. The zero-order valence-corrected chi connectivity index (χ0v) is 11.6. The first-order valence-electron chi connectivity index (χ1n) is 7.44. The van der Waals surface area contributed by atoms with Crippen LogP contribution in [0.4, 0.5) is 4.39 Å². The van der Waals surface area contributed by atoms with Gasteiger partial charge in [0.25, 0.3) is 0 Å². The van der Waals surface area contributed by atoms with Crippen LogP contribution in [0.25, 0.3) is 0 Å². The molecule has 0 aromatic heterocycles. The van der Waals surface area contributed by atoms with E-state index in [0.717, 1.165) is 44.3 Å². The summed E-state index contributed by atoms with van der Waals surface area (Å²) < 4.78 is 13.0. The predicted octanol–water partition coefficient (Wildman–Crippen LogP) is 1.97. The van der Waals surface area contributed by atoms with Crippen LogP contribution in [0.2, 0.25) is 0 Å². The summed E-state index contributed by atoms with van der Waals surface area (Å²) in [5.41, 5.74) is 1.19. The third kappa shape index (κ3) is 2.85. The van der Waals surface area contributed by atoms with Gasteiger partial charge in [0, 0.05) is 17.9 Å². The maximum Gasteiger partial charge on any atom is 0.223 e. The molecule has 1 aliphatic carbocycles. The molecule has 3 nitrogen and oxygen atoms in total. The Balaban J connectivity index is 1.57. The number of rotatable bonds is 4. The predicted molar refractivity (Wildman–Crippen MR) is 75.9 cm³/mol. The van der Waals surface area contributed by atoms with E-state index in [9.17, 15) is 9.18 Å². The molecule has 108 valence electrons. The summed E-state index contributed by atoms with van der Waals surface area (Å²) in [7, 11) is 0. The van der Waals surface area contributed by atoms with Crippen molar-refractivity contribution < 1.29 is 9.18 Å². The lowest BCUT2D eigenvalue weighted by molar-refractivity contribution is -0.125. The average molecular weight is 276 g/mol. The number of carbonyl (C=O) groups excluding carboxylic acids is 1. The van der Waals surface area contributed by atoms with Crippen LogP contribution in [0.5, 0.6) is 0 Å². The molecule has 2 aliphatic rings. The summed E-state index contributed by atoms with van der Waals surface area (Å²) in [5.74, 6) is 0.128. The van der Waals surface area contributed by atoms with E-state index in [4.69, 9.17) is 0 Å². The highest BCUT2D eigenvalue weighted by atomic mass is 19.1. The summed E-state index contributed by atoms with van der Waals surface area (Å²) in [4.78, 5) is 12.2. The second-order valence-corrected chi connectivity index (χ2v) is 6.03. The van der Waals surface area contributed by atoms with E-state index in [1.807, 2.05) is 12.1 Å². The van der Waals surface area contributed by atoms with Crippen LogP contribution < -0.4 is 10.6 Å². The first kappa shape index (κ1) is 13.6. The van der Waals surface area contributed by atoms with Crippen molar-refractivity contribution in [3.05, 3.63) is 35.6 Å². The fourth-order valence-corrected chi connectivity index (χ4v) is 3.01. The van der Waals surface area contributed by atoms with Gasteiger partial charge in [0.15, 0.2) is 0 Å². The molecule has 1 saturated heterocycles. The molecule has 0 atom stereocenters. The highest BCUT2D eigenvalue weighted by Crippen LogP contribution is 2.47. The fourth-order valence-electron chi connectivity index (χ4n) is 3.01. The number of piperidine rings is 1. The van der Waals surface area contributed by atoms with Crippen molar-refractivity contribution in [1.82, 2.24) is 10.6 Å².